The molecule has 0 amide bonds. The maximum absolute atomic E-state index is 10.4. The summed E-state index contributed by atoms with van der Waals surface area (Å²) in [7, 11) is 0. The first kappa shape index (κ1) is 25.5. The summed E-state index contributed by atoms with van der Waals surface area (Å²) < 4.78 is 0. The molecule has 0 spiro atoms. The van der Waals surface area contributed by atoms with E-state index in [1.165, 1.54) is 0 Å². The molecule has 0 aliphatic rings. The zero-order valence-corrected chi connectivity index (χ0v) is 17.5. The average molecular weight is 352 g/mol. The molecule has 0 saturated carbocycles. The van der Waals surface area contributed by atoms with Crippen molar-refractivity contribution in [3.8, 4) is 0 Å². The summed E-state index contributed by atoms with van der Waals surface area (Å²) in [6.45, 7) is 10.9. The van der Waals surface area contributed by atoms with Crippen molar-refractivity contribution in [1.82, 2.24) is 0 Å². The number of hydrogen-bond donors (Lipinski definition) is 0. The standard InChI is InChI=1S/2C8H16O2.Zn/c2*1-4-5-6-8(2,3)7(9)10;/h2*4-6H2,1-3H3,(H,9,10);/q;;+2/p-2. The normalized spacial score (nSPS) is 11.0. The van der Waals surface area contributed by atoms with Crippen LogP contribution in [0.2, 0.25) is 0 Å². The van der Waals surface area contributed by atoms with Gasteiger partial charge in [-0.15, -0.1) is 0 Å². The van der Waals surface area contributed by atoms with Crippen LogP contribution >= 0.6 is 0 Å². The number of unbranched alkanes of at least 4 members (excludes halogenated alkanes) is 2. The summed E-state index contributed by atoms with van der Waals surface area (Å²) in [5.41, 5.74) is -1.29. The van der Waals surface area contributed by atoms with Crippen LogP contribution in [-0.2, 0) is 29.1 Å². The van der Waals surface area contributed by atoms with Crippen molar-refractivity contribution in [3.05, 3.63) is 0 Å². The van der Waals surface area contributed by atoms with Gasteiger partial charge in [-0.3, -0.25) is 0 Å². The van der Waals surface area contributed by atoms with E-state index in [9.17, 15) is 19.8 Å². The van der Waals surface area contributed by atoms with Crippen LogP contribution in [0.4, 0.5) is 0 Å². The molecule has 0 N–H and O–H groups in total. The predicted octanol–water partition coefficient (Wildman–Crippen LogP) is 1.90. The van der Waals surface area contributed by atoms with Crippen molar-refractivity contribution in [2.24, 2.45) is 10.8 Å². The van der Waals surface area contributed by atoms with E-state index in [1.807, 2.05) is 13.8 Å². The molecule has 0 radical (unpaired) electrons. The molecule has 0 aromatic rings. The van der Waals surface area contributed by atoms with Crippen molar-refractivity contribution >= 4 is 11.9 Å². The van der Waals surface area contributed by atoms with E-state index < -0.39 is 22.8 Å². The molecule has 0 unspecified atom stereocenters. The molecule has 5 heteroatoms. The van der Waals surface area contributed by atoms with Crippen molar-refractivity contribution in [1.29, 1.82) is 0 Å². The summed E-state index contributed by atoms with van der Waals surface area (Å²) in [6, 6.07) is 0. The fourth-order valence-corrected chi connectivity index (χ4v) is 1.44. The Labute approximate surface area is 142 Å². The molecule has 0 rings (SSSR count). The number of rotatable bonds is 8. The second-order valence-electron chi connectivity index (χ2n) is 6.55. The fraction of sp³-hybridized carbons (Fsp3) is 0.875. The van der Waals surface area contributed by atoms with Gasteiger partial charge in [-0.2, -0.15) is 0 Å². The molecule has 0 fully saturated rings. The molecule has 120 valence electrons. The number of aliphatic carboxylic acids is 2. The Balaban J connectivity index is -0.000000295. The number of carbonyl (C=O) groups excluding carboxylic acids is 2. The van der Waals surface area contributed by atoms with Crippen molar-refractivity contribution in [2.75, 3.05) is 0 Å². The molecule has 0 bridgehead atoms. The van der Waals surface area contributed by atoms with Gasteiger partial charge in [0.15, 0.2) is 0 Å². The molecule has 0 heterocycles. The SMILES string of the molecule is CCCCC(C)(C)C(=O)[O-].CCCCC(C)(C)C(=O)[O-].[Zn+2]. The Morgan fingerprint density at radius 1 is 0.762 bits per heavy atom. The maximum Gasteiger partial charge on any atom is 2.00 e. The van der Waals surface area contributed by atoms with E-state index in [-0.39, 0.29) is 19.5 Å². The monoisotopic (exact) mass is 350 g/mol. The van der Waals surface area contributed by atoms with Gasteiger partial charge in [-0.05, 0) is 12.8 Å². The third kappa shape index (κ3) is 13.0. The van der Waals surface area contributed by atoms with Gasteiger partial charge in [0.25, 0.3) is 0 Å². The summed E-state index contributed by atoms with van der Waals surface area (Å²) in [5.74, 6) is -1.89. The number of carbonyl (C=O) groups is 2. The van der Waals surface area contributed by atoms with Crippen LogP contribution in [0.15, 0.2) is 0 Å². The Morgan fingerprint density at radius 3 is 1.14 bits per heavy atom. The molecule has 21 heavy (non-hydrogen) atoms. The zero-order chi connectivity index (χ0) is 16.4. The van der Waals surface area contributed by atoms with Crippen molar-refractivity contribution in [3.63, 3.8) is 0 Å². The van der Waals surface area contributed by atoms with E-state index in [2.05, 4.69) is 0 Å². The van der Waals surface area contributed by atoms with E-state index in [0.717, 1.165) is 25.7 Å². The van der Waals surface area contributed by atoms with Crippen LogP contribution in [0.1, 0.15) is 80.1 Å². The van der Waals surface area contributed by atoms with Gasteiger partial charge < -0.3 is 19.8 Å². The number of carboxylic acid groups (broad SMARTS) is 2. The predicted molar refractivity (Wildman–Crippen MR) is 76.6 cm³/mol. The van der Waals surface area contributed by atoms with Gasteiger partial charge in [0, 0.05) is 22.8 Å². The van der Waals surface area contributed by atoms with Crippen LogP contribution in [0, 0.1) is 10.8 Å². The van der Waals surface area contributed by atoms with Crippen LogP contribution in [0.5, 0.6) is 0 Å². The molecule has 0 aromatic carbocycles. The zero-order valence-electron chi connectivity index (χ0n) is 14.6. The smallest absolute Gasteiger partial charge is 0.550 e. The topological polar surface area (TPSA) is 80.3 Å². The number of carboxylic acids is 2. The van der Waals surface area contributed by atoms with Gasteiger partial charge in [-0.1, -0.05) is 67.2 Å². The first-order valence-electron chi connectivity index (χ1n) is 7.44. The Hall–Kier alpha value is -0.437. The molecule has 4 nitrogen and oxygen atoms in total. The summed E-state index contributed by atoms with van der Waals surface area (Å²) >= 11 is 0. The second-order valence-corrected chi connectivity index (χ2v) is 6.55. The van der Waals surface area contributed by atoms with Gasteiger partial charge in [0.05, 0.1) is 0 Å². The first-order chi connectivity index (χ1) is 9.01. The Bertz CT molecular complexity index is 269. The van der Waals surface area contributed by atoms with E-state index in [4.69, 9.17) is 0 Å². The Kier molecular flexibility index (Phi) is 14.8. The fourth-order valence-electron chi connectivity index (χ4n) is 1.44. The van der Waals surface area contributed by atoms with Crippen LogP contribution in [0.25, 0.3) is 0 Å². The minimum atomic E-state index is -0.944. The molecule has 0 saturated heterocycles. The van der Waals surface area contributed by atoms with Crippen LogP contribution < -0.4 is 10.2 Å². The minimum Gasteiger partial charge on any atom is -0.550 e. The molecule has 0 aliphatic carbocycles. The van der Waals surface area contributed by atoms with Crippen LogP contribution in [0.3, 0.4) is 0 Å². The molecule has 0 atom stereocenters. The summed E-state index contributed by atoms with van der Waals surface area (Å²) in [4.78, 5) is 20.8. The van der Waals surface area contributed by atoms with Crippen molar-refractivity contribution in [2.45, 2.75) is 80.1 Å². The third-order valence-corrected chi connectivity index (χ3v) is 3.42. The summed E-state index contributed by atoms with van der Waals surface area (Å²) in [5, 5.41) is 20.8. The molecule has 0 aromatic heterocycles. The van der Waals surface area contributed by atoms with Crippen LogP contribution in [-0.4, -0.2) is 11.9 Å². The quantitative estimate of drug-likeness (QED) is 0.625. The van der Waals surface area contributed by atoms with E-state index >= 15 is 0 Å². The molecular formula is C16H30O4Zn. The van der Waals surface area contributed by atoms with Gasteiger partial charge in [0.1, 0.15) is 0 Å². The molecular weight excluding hydrogens is 322 g/mol. The van der Waals surface area contributed by atoms with E-state index in [0.29, 0.717) is 12.8 Å². The number of hydrogen-bond acceptors (Lipinski definition) is 4. The van der Waals surface area contributed by atoms with Gasteiger partial charge in [-0.25, -0.2) is 0 Å². The third-order valence-electron chi connectivity index (χ3n) is 3.42. The maximum atomic E-state index is 10.4. The van der Waals surface area contributed by atoms with Crippen molar-refractivity contribution < 1.29 is 39.3 Å². The minimum absolute atomic E-state index is 0. The van der Waals surface area contributed by atoms with E-state index in [1.54, 1.807) is 27.7 Å². The summed E-state index contributed by atoms with van der Waals surface area (Å²) in [6.07, 6.45) is 5.42. The average Bonchev–Trinajstić information content (AvgIpc) is 2.34. The largest absolute Gasteiger partial charge is 2.00 e. The first-order valence-corrected chi connectivity index (χ1v) is 7.44. The molecule has 0 aliphatic heterocycles. The van der Waals surface area contributed by atoms with Gasteiger partial charge >= 0.3 is 19.5 Å². The van der Waals surface area contributed by atoms with Gasteiger partial charge in [0.2, 0.25) is 0 Å². The Morgan fingerprint density at radius 2 is 1.00 bits per heavy atom. The second kappa shape index (κ2) is 12.1.